The number of hydrogen-bond donors (Lipinski definition) is 0. The van der Waals surface area contributed by atoms with E-state index in [1.807, 2.05) is 0 Å². The van der Waals surface area contributed by atoms with Crippen LogP contribution in [0.3, 0.4) is 0 Å². The molecule has 0 rings (SSSR count). The molecule has 4 nitrogen and oxygen atoms in total. The summed E-state index contributed by atoms with van der Waals surface area (Å²) in [5, 5.41) is 0. The molecule has 0 spiro atoms. The van der Waals surface area contributed by atoms with E-state index in [1.165, 1.54) is 0 Å². The second-order valence-corrected chi connectivity index (χ2v) is 1.34. The van der Waals surface area contributed by atoms with E-state index in [-0.39, 0.29) is 39.7 Å². The van der Waals surface area contributed by atoms with Gasteiger partial charge in [-0.15, -0.1) is 12.4 Å². The Morgan fingerprint density at radius 3 is 1.14 bits per heavy atom. The van der Waals surface area contributed by atoms with Crippen LogP contribution in [0, 0.1) is 0 Å². The van der Waals surface area contributed by atoms with Crippen LogP contribution in [0.5, 0.6) is 0 Å². The Morgan fingerprint density at radius 2 is 1.14 bits per heavy atom. The Bertz CT molecular complexity index is 57.8. The molecule has 7 heavy (non-hydrogen) atoms. The molecule has 0 amide bonds. The van der Waals surface area contributed by atoms with Crippen molar-refractivity contribution in [1.29, 1.82) is 0 Å². The molecule has 0 radical (unpaired) electrons. The van der Waals surface area contributed by atoms with Crippen molar-refractivity contribution >= 4 is 20.2 Å². The zero-order valence-corrected chi connectivity index (χ0v) is 8.94. The van der Waals surface area contributed by atoms with Crippen molar-refractivity contribution in [3.05, 3.63) is 0 Å². The van der Waals surface area contributed by atoms with Crippen molar-refractivity contribution in [3.63, 3.8) is 0 Å². The maximum Gasteiger partial charge on any atom is 0 e. The van der Waals surface area contributed by atoms with Gasteiger partial charge in [0.25, 0.3) is 0 Å². The van der Waals surface area contributed by atoms with Gasteiger partial charge in [-0.3, -0.25) is 0 Å². The Hall–Kier alpha value is 1.32. The van der Waals surface area contributed by atoms with Gasteiger partial charge in [0.1, 0.15) is 0 Å². The number of rotatable bonds is 0. The van der Waals surface area contributed by atoms with Crippen LogP contribution in [0.25, 0.3) is 0 Å². The van der Waals surface area contributed by atoms with Gasteiger partial charge in [-0.05, 0) is 0 Å². The van der Waals surface area contributed by atoms with Crippen LogP contribution >= 0.6 is 20.2 Å². The molecule has 0 aliphatic rings. The molecule has 0 N–H and O–H groups in total. The number of halogens is 1. The van der Waals surface area contributed by atoms with Crippen molar-refractivity contribution in [3.8, 4) is 0 Å². The minimum atomic E-state index is -5.39. The molecular formula is HCdClO4P-3. The smallest absolute Gasteiger partial charge is 0 e. The van der Waals surface area contributed by atoms with Crippen LogP contribution in [0.4, 0.5) is 0 Å². The Morgan fingerprint density at radius 1 is 1.14 bits per heavy atom. The first-order valence-corrected chi connectivity index (χ1v) is 2.19. The normalized spacial score (nSPS) is 8.43. The van der Waals surface area contributed by atoms with Gasteiger partial charge < -0.3 is 19.2 Å². The zero-order valence-electron chi connectivity index (χ0n) is 3.20. The summed E-state index contributed by atoms with van der Waals surface area (Å²) in [7, 11) is -5.39. The van der Waals surface area contributed by atoms with Crippen molar-refractivity contribution in [1.82, 2.24) is 0 Å². The third-order valence-electron chi connectivity index (χ3n) is 0. The van der Waals surface area contributed by atoms with Gasteiger partial charge in [-0.1, -0.05) is 0 Å². The van der Waals surface area contributed by atoms with E-state index in [2.05, 4.69) is 0 Å². The average molecular weight is 244 g/mol. The summed E-state index contributed by atoms with van der Waals surface area (Å²) in [4.78, 5) is 25.6. The third kappa shape index (κ3) is 119. The minimum Gasteiger partial charge on any atom is -0.822 e. The first kappa shape index (κ1) is 15.8. The topological polar surface area (TPSA) is 86.2 Å². The van der Waals surface area contributed by atoms with E-state index >= 15 is 0 Å². The summed E-state index contributed by atoms with van der Waals surface area (Å²) in [5.74, 6) is 0. The van der Waals surface area contributed by atoms with Crippen LogP contribution < -0.4 is 14.7 Å². The largest absolute Gasteiger partial charge is 0.822 e. The number of hydrogen-bond acceptors (Lipinski definition) is 4. The van der Waals surface area contributed by atoms with Crippen molar-refractivity contribution in [2.24, 2.45) is 0 Å². The van der Waals surface area contributed by atoms with Gasteiger partial charge >= 0.3 is 0 Å². The molecule has 0 aromatic heterocycles. The van der Waals surface area contributed by atoms with Gasteiger partial charge in [-0.25, -0.2) is 0 Å². The molecule has 0 aliphatic carbocycles. The average Bonchev–Trinajstić information content (AvgIpc) is 0.722. The minimum absolute atomic E-state index is 0. The van der Waals surface area contributed by atoms with E-state index in [0.29, 0.717) is 0 Å². The van der Waals surface area contributed by atoms with Gasteiger partial charge in [0, 0.05) is 27.3 Å². The summed E-state index contributed by atoms with van der Waals surface area (Å²) < 4.78 is 8.55. The maximum atomic E-state index is 8.55. The monoisotopic (exact) mass is 245 g/mol. The predicted octanol–water partition coefficient (Wildman–Crippen LogP) is -2.41. The first-order valence-electron chi connectivity index (χ1n) is 0.730. The van der Waals surface area contributed by atoms with E-state index in [9.17, 15) is 0 Å². The molecule has 0 aromatic rings. The molecule has 42 valence electrons. The second-order valence-electron chi connectivity index (χ2n) is 0.447. The molecule has 0 saturated carbocycles. The zero-order chi connectivity index (χ0) is 4.50. The quantitative estimate of drug-likeness (QED) is 0.351. The molecule has 0 aromatic carbocycles. The van der Waals surface area contributed by atoms with Gasteiger partial charge in [-0.2, -0.15) is 7.82 Å². The predicted molar refractivity (Wildman–Crippen MR) is 14.9 cm³/mol. The summed E-state index contributed by atoms with van der Waals surface area (Å²) in [6.45, 7) is 0. The molecule has 0 saturated heterocycles. The van der Waals surface area contributed by atoms with Crippen molar-refractivity contribution < 1.29 is 46.5 Å². The third-order valence-corrected chi connectivity index (χ3v) is 0. The summed E-state index contributed by atoms with van der Waals surface area (Å²) in [5.41, 5.74) is 0. The Labute approximate surface area is 66.7 Å². The standard InChI is InChI=1S/Cd.ClH.H3O4P/c;;1-5(2,3)4/h;1H;(H3,1,2,3,4)/p-3. The second kappa shape index (κ2) is 5.46. The molecule has 0 atom stereocenters. The Kier molecular flexibility index (Phi) is 12.3. The van der Waals surface area contributed by atoms with Gasteiger partial charge in [0.2, 0.25) is 0 Å². The first-order chi connectivity index (χ1) is 2.00. The van der Waals surface area contributed by atoms with Crippen LogP contribution in [0.1, 0.15) is 0 Å². The Balaban J connectivity index is -0.0000000800. The van der Waals surface area contributed by atoms with Crippen LogP contribution in [-0.4, -0.2) is 0 Å². The van der Waals surface area contributed by atoms with Crippen molar-refractivity contribution in [2.45, 2.75) is 0 Å². The summed E-state index contributed by atoms with van der Waals surface area (Å²) in [6, 6.07) is 0. The summed E-state index contributed by atoms with van der Waals surface area (Å²) >= 11 is 0. The molecule has 0 heterocycles. The molecular weight excluding hydrogens is 243 g/mol. The fourth-order valence-electron chi connectivity index (χ4n) is 0. The summed E-state index contributed by atoms with van der Waals surface area (Å²) in [6.07, 6.45) is 0. The maximum absolute atomic E-state index is 8.55. The van der Waals surface area contributed by atoms with E-state index < -0.39 is 7.82 Å². The SMILES string of the molecule is Cl.O=P([O-])([O-])[O-].[Cd]. The van der Waals surface area contributed by atoms with Crippen LogP contribution in [0.2, 0.25) is 0 Å². The molecule has 0 fully saturated rings. The van der Waals surface area contributed by atoms with E-state index in [4.69, 9.17) is 19.2 Å². The van der Waals surface area contributed by atoms with Crippen LogP contribution in [0.15, 0.2) is 0 Å². The fraction of sp³-hybridized carbons (Fsp3) is 0. The molecule has 0 unspecified atom stereocenters. The molecule has 0 aliphatic heterocycles. The van der Waals surface area contributed by atoms with Gasteiger partial charge in [0.15, 0.2) is 0 Å². The number of phosphoric acid groups is 1. The van der Waals surface area contributed by atoms with Gasteiger partial charge in [0.05, 0.1) is 0 Å². The van der Waals surface area contributed by atoms with Crippen molar-refractivity contribution in [2.75, 3.05) is 0 Å². The molecule has 0 bridgehead atoms. The molecule has 7 heteroatoms. The van der Waals surface area contributed by atoms with Crippen LogP contribution in [-0.2, 0) is 31.9 Å². The van der Waals surface area contributed by atoms with E-state index in [1.54, 1.807) is 0 Å². The van der Waals surface area contributed by atoms with E-state index in [0.717, 1.165) is 0 Å². The fourth-order valence-corrected chi connectivity index (χ4v) is 0.